The van der Waals surface area contributed by atoms with E-state index in [1.54, 1.807) is 34.6 Å². The Balaban J connectivity index is 1.68. The standard InChI is InChI=1S/C22H27N5O8S2/c1-6-35-26-13(12-8-37-21(24-12)23-9-28)16(29)25-14-17(30)27-15(11(2)7-36-18(14)27)19(31)33-10-34-20(32)22(3,4)5/h8-9,14,18H,6-7,10H2,1-5H3,(H,25,29)(H,23,24,28)/b26-13+/t14?,18-/m1/s1. The number of oxime groups is 1. The molecule has 1 aromatic rings. The number of β-lactam (4-membered cyclic amide) rings is 1. The van der Waals surface area contributed by atoms with Gasteiger partial charge in [-0.25, -0.2) is 9.78 Å². The molecule has 0 spiro atoms. The van der Waals surface area contributed by atoms with Crippen molar-refractivity contribution in [1.82, 2.24) is 15.2 Å². The third-order valence-electron chi connectivity index (χ3n) is 5.06. The SMILES string of the molecule is CCO/N=C(/C(=O)NC1C(=O)N2C(C(=O)OCOC(=O)C(C)(C)C)=C(C)CS[C@H]12)c1csc(NC=O)n1. The van der Waals surface area contributed by atoms with E-state index in [0.717, 1.165) is 11.3 Å². The van der Waals surface area contributed by atoms with Crippen LogP contribution in [0.25, 0.3) is 0 Å². The van der Waals surface area contributed by atoms with Crippen LogP contribution in [0.15, 0.2) is 21.8 Å². The van der Waals surface area contributed by atoms with Crippen LogP contribution in [0, 0.1) is 5.41 Å². The average molecular weight is 554 g/mol. The zero-order valence-corrected chi connectivity index (χ0v) is 22.5. The van der Waals surface area contributed by atoms with Crippen molar-refractivity contribution in [3.05, 3.63) is 22.3 Å². The lowest BCUT2D eigenvalue weighted by molar-refractivity contribution is -0.173. The quantitative estimate of drug-likeness (QED) is 0.107. The van der Waals surface area contributed by atoms with Gasteiger partial charge in [0.2, 0.25) is 13.2 Å². The van der Waals surface area contributed by atoms with Gasteiger partial charge in [-0.15, -0.1) is 23.1 Å². The van der Waals surface area contributed by atoms with E-state index in [0.29, 0.717) is 17.7 Å². The predicted octanol–water partition coefficient (Wildman–Crippen LogP) is 1.22. The van der Waals surface area contributed by atoms with E-state index < -0.39 is 47.4 Å². The van der Waals surface area contributed by atoms with Crippen molar-refractivity contribution in [3.8, 4) is 0 Å². The molecule has 1 aromatic heterocycles. The minimum atomic E-state index is -0.940. The van der Waals surface area contributed by atoms with E-state index >= 15 is 0 Å². The lowest BCUT2D eigenvalue weighted by Gasteiger charge is -2.49. The van der Waals surface area contributed by atoms with Crippen LogP contribution in [0.5, 0.6) is 0 Å². The number of thiazole rings is 1. The predicted molar refractivity (Wildman–Crippen MR) is 134 cm³/mol. The molecule has 0 saturated carbocycles. The average Bonchev–Trinajstić information content (AvgIpc) is 3.30. The summed E-state index contributed by atoms with van der Waals surface area (Å²) in [5, 5.41) is 10.1. The third-order valence-corrected chi connectivity index (χ3v) is 7.26. The fourth-order valence-corrected chi connectivity index (χ4v) is 5.17. The molecule has 0 bridgehead atoms. The Bertz CT molecular complexity index is 1160. The number of nitrogens with one attached hydrogen (secondary N) is 2. The van der Waals surface area contributed by atoms with Gasteiger partial charge in [-0.3, -0.25) is 24.1 Å². The molecule has 2 atom stereocenters. The highest BCUT2D eigenvalue weighted by atomic mass is 32.2. The smallest absolute Gasteiger partial charge is 0.357 e. The van der Waals surface area contributed by atoms with Crippen molar-refractivity contribution < 1.29 is 38.3 Å². The maximum Gasteiger partial charge on any atom is 0.357 e. The van der Waals surface area contributed by atoms with Gasteiger partial charge in [-0.2, -0.15) is 0 Å². The molecule has 3 amide bonds. The van der Waals surface area contributed by atoms with E-state index in [-0.39, 0.29) is 28.8 Å². The van der Waals surface area contributed by atoms with Gasteiger partial charge >= 0.3 is 11.9 Å². The first-order valence-corrected chi connectivity index (χ1v) is 13.1. The van der Waals surface area contributed by atoms with Gasteiger partial charge in [0, 0.05) is 11.1 Å². The number of rotatable bonds is 10. The summed E-state index contributed by atoms with van der Waals surface area (Å²) in [4.78, 5) is 71.8. The van der Waals surface area contributed by atoms with Crippen molar-refractivity contribution in [2.45, 2.75) is 46.0 Å². The van der Waals surface area contributed by atoms with Crippen molar-refractivity contribution in [1.29, 1.82) is 0 Å². The highest BCUT2D eigenvalue weighted by molar-refractivity contribution is 8.00. The largest absolute Gasteiger partial charge is 0.427 e. The topological polar surface area (TPSA) is 166 Å². The maximum atomic E-state index is 13.0. The first kappa shape index (κ1) is 28.1. The number of carbonyl (C=O) groups excluding carboxylic acids is 5. The van der Waals surface area contributed by atoms with Gasteiger partial charge in [-0.1, -0.05) is 5.16 Å². The number of anilines is 1. The summed E-state index contributed by atoms with van der Waals surface area (Å²) in [5.74, 6) is -2.15. The summed E-state index contributed by atoms with van der Waals surface area (Å²) in [5.41, 5.74) is -0.107. The number of hydrogen-bond donors (Lipinski definition) is 2. The van der Waals surface area contributed by atoms with Gasteiger partial charge in [0.15, 0.2) is 10.8 Å². The first-order valence-electron chi connectivity index (χ1n) is 11.1. The number of fused-ring (bicyclic) bond motifs is 1. The molecule has 3 heterocycles. The second-order valence-electron chi connectivity index (χ2n) is 8.88. The highest BCUT2D eigenvalue weighted by Gasteiger charge is 2.54. The van der Waals surface area contributed by atoms with Gasteiger partial charge in [-0.05, 0) is 40.2 Å². The van der Waals surface area contributed by atoms with Gasteiger partial charge in [0.25, 0.3) is 11.8 Å². The number of amides is 3. The van der Waals surface area contributed by atoms with Crippen molar-refractivity contribution in [2.24, 2.45) is 10.6 Å². The number of thioether (sulfide) groups is 1. The Morgan fingerprint density at radius 3 is 2.68 bits per heavy atom. The molecular formula is C22H27N5O8S2. The molecule has 15 heteroatoms. The minimum absolute atomic E-state index is 0.0540. The molecule has 200 valence electrons. The Morgan fingerprint density at radius 2 is 2.03 bits per heavy atom. The fourth-order valence-electron chi connectivity index (χ4n) is 3.23. The molecule has 0 radical (unpaired) electrons. The molecule has 0 aromatic carbocycles. The zero-order valence-electron chi connectivity index (χ0n) is 20.9. The molecule has 13 nitrogen and oxygen atoms in total. The van der Waals surface area contributed by atoms with Crippen LogP contribution in [-0.4, -0.2) is 76.3 Å². The van der Waals surface area contributed by atoms with E-state index in [1.165, 1.54) is 22.0 Å². The molecule has 3 rings (SSSR count). The minimum Gasteiger partial charge on any atom is -0.427 e. The van der Waals surface area contributed by atoms with E-state index in [9.17, 15) is 24.0 Å². The van der Waals surface area contributed by atoms with Crippen molar-refractivity contribution in [2.75, 3.05) is 24.5 Å². The number of carbonyl (C=O) groups is 5. The number of ether oxygens (including phenoxy) is 2. The van der Waals surface area contributed by atoms with Crippen LogP contribution in [-0.2, 0) is 38.3 Å². The van der Waals surface area contributed by atoms with E-state index in [4.69, 9.17) is 14.3 Å². The fraction of sp³-hybridized carbons (Fsp3) is 0.500. The highest BCUT2D eigenvalue weighted by Crippen LogP contribution is 2.40. The summed E-state index contributed by atoms with van der Waals surface area (Å²) in [6, 6.07) is -0.940. The number of esters is 2. The van der Waals surface area contributed by atoms with Crippen molar-refractivity contribution in [3.63, 3.8) is 0 Å². The first-order chi connectivity index (χ1) is 17.5. The van der Waals surface area contributed by atoms with Crippen LogP contribution in [0.1, 0.15) is 40.3 Å². The molecule has 1 saturated heterocycles. The normalized spacial score (nSPS) is 19.4. The van der Waals surface area contributed by atoms with E-state index in [2.05, 4.69) is 20.8 Å². The monoisotopic (exact) mass is 553 g/mol. The van der Waals surface area contributed by atoms with Crippen molar-refractivity contribution >= 4 is 64.1 Å². The lowest BCUT2D eigenvalue weighted by atomic mass is 9.98. The van der Waals surface area contributed by atoms with Gasteiger partial charge < -0.3 is 24.9 Å². The number of aromatic nitrogens is 1. The molecule has 1 unspecified atom stereocenters. The second kappa shape index (κ2) is 11.7. The molecular weight excluding hydrogens is 526 g/mol. The Labute approximate surface area is 221 Å². The molecule has 2 aliphatic rings. The van der Waals surface area contributed by atoms with Crippen LogP contribution in [0.4, 0.5) is 5.13 Å². The zero-order chi connectivity index (χ0) is 27.3. The Kier molecular flexibility index (Phi) is 8.91. The summed E-state index contributed by atoms with van der Waals surface area (Å²) < 4.78 is 10.1. The summed E-state index contributed by atoms with van der Waals surface area (Å²) in [7, 11) is 0. The molecule has 2 N–H and O–H groups in total. The number of hydrogen-bond acceptors (Lipinski definition) is 12. The summed E-state index contributed by atoms with van der Waals surface area (Å²) in [6.45, 7) is 7.98. The summed E-state index contributed by atoms with van der Waals surface area (Å²) >= 11 is 2.46. The summed E-state index contributed by atoms with van der Waals surface area (Å²) in [6.07, 6.45) is 0.455. The number of nitrogens with zero attached hydrogens (tertiary/aromatic N) is 3. The third kappa shape index (κ3) is 6.28. The van der Waals surface area contributed by atoms with Crippen LogP contribution in [0.2, 0.25) is 0 Å². The molecule has 37 heavy (non-hydrogen) atoms. The molecule has 1 fully saturated rings. The Hall–Kier alpha value is -3.46. The van der Waals surface area contributed by atoms with Crippen LogP contribution < -0.4 is 10.6 Å². The Morgan fingerprint density at radius 1 is 1.30 bits per heavy atom. The second-order valence-corrected chi connectivity index (χ2v) is 10.8. The van der Waals surface area contributed by atoms with Crippen LogP contribution >= 0.6 is 23.1 Å². The van der Waals surface area contributed by atoms with Crippen LogP contribution in [0.3, 0.4) is 0 Å². The maximum absolute atomic E-state index is 13.0. The lowest BCUT2D eigenvalue weighted by Crippen LogP contribution is -2.71. The van der Waals surface area contributed by atoms with E-state index in [1.807, 2.05) is 0 Å². The molecule has 2 aliphatic heterocycles. The van der Waals surface area contributed by atoms with Gasteiger partial charge in [0.1, 0.15) is 29.4 Å². The van der Waals surface area contributed by atoms with Gasteiger partial charge in [0.05, 0.1) is 5.41 Å². The molecule has 0 aliphatic carbocycles.